The minimum absolute atomic E-state index is 0.0674. The Labute approximate surface area is 127 Å². The van der Waals surface area contributed by atoms with Crippen LogP contribution in [0.5, 0.6) is 0 Å². The minimum atomic E-state index is -0.810. The third-order valence-corrected chi connectivity index (χ3v) is 4.28. The van der Waals surface area contributed by atoms with Crippen LogP contribution in [0.4, 0.5) is 5.82 Å². The zero-order valence-electron chi connectivity index (χ0n) is 11.8. The Morgan fingerprint density at radius 1 is 1.52 bits per heavy atom. The van der Waals surface area contributed by atoms with Gasteiger partial charge in [-0.15, -0.1) is 0 Å². The maximum absolute atomic E-state index is 11.6. The molecule has 1 N–H and O–H groups in total. The van der Waals surface area contributed by atoms with Crippen molar-refractivity contribution in [2.24, 2.45) is 0 Å². The van der Waals surface area contributed by atoms with Gasteiger partial charge in [0.2, 0.25) is 0 Å². The minimum Gasteiger partial charge on any atom is -0.481 e. The highest BCUT2D eigenvalue weighted by Gasteiger charge is 2.26. The van der Waals surface area contributed by atoms with Gasteiger partial charge in [0.1, 0.15) is 5.82 Å². The monoisotopic (exact) mass is 310 g/mol. The van der Waals surface area contributed by atoms with E-state index in [9.17, 15) is 9.59 Å². The summed E-state index contributed by atoms with van der Waals surface area (Å²) in [7, 11) is 0. The molecule has 1 aromatic heterocycles. The van der Waals surface area contributed by atoms with Gasteiger partial charge in [0.05, 0.1) is 18.6 Å². The van der Waals surface area contributed by atoms with E-state index in [-0.39, 0.29) is 12.5 Å². The van der Waals surface area contributed by atoms with Gasteiger partial charge in [-0.2, -0.15) is 11.8 Å². The first-order valence-corrected chi connectivity index (χ1v) is 7.96. The quantitative estimate of drug-likeness (QED) is 0.828. The molecule has 0 radical (unpaired) electrons. The zero-order chi connectivity index (χ0) is 15.2. The van der Waals surface area contributed by atoms with Crippen LogP contribution in [-0.2, 0) is 9.53 Å². The lowest BCUT2D eigenvalue weighted by molar-refractivity contribution is -0.137. The molecule has 21 heavy (non-hydrogen) atoms. The fourth-order valence-corrected chi connectivity index (χ4v) is 3.28. The van der Waals surface area contributed by atoms with Crippen LogP contribution in [0.3, 0.4) is 0 Å². The van der Waals surface area contributed by atoms with Crippen LogP contribution in [0, 0.1) is 0 Å². The number of nitrogens with zero attached hydrogens (tertiary/aromatic N) is 2. The van der Waals surface area contributed by atoms with Crippen LogP contribution in [0.1, 0.15) is 23.7 Å². The summed E-state index contributed by atoms with van der Waals surface area (Å²) in [6, 6.07) is 3.35. The van der Waals surface area contributed by atoms with E-state index >= 15 is 0 Å². The Balaban J connectivity index is 2.12. The van der Waals surface area contributed by atoms with Crippen molar-refractivity contribution >= 4 is 29.5 Å². The second-order valence-corrected chi connectivity index (χ2v) is 5.80. The number of aromatic nitrogens is 1. The lowest BCUT2D eigenvalue weighted by Gasteiger charge is -2.35. The molecule has 2 heterocycles. The lowest BCUT2D eigenvalue weighted by Crippen LogP contribution is -2.44. The third-order valence-electron chi connectivity index (χ3n) is 3.19. The first-order chi connectivity index (χ1) is 10.1. The maximum Gasteiger partial charge on any atom is 0.339 e. The summed E-state index contributed by atoms with van der Waals surface area (Å²) in [4.78, 5) is 28.8. The molecule has 1 unspecified atom stereocenters. The fraction of sp³-hybridized carbons (Fsp3) is 0.500. The number of aliphatic carboxylic acids is 1. The third kappa shape index (κ3) is 4.10. The predicted octanol–water partition coefficient (Wildman–Crippen LogP) is 1.65. The first-order valence-electron chi connectivity index (χ1n) is 6.81. The van der Waals surface area contributed by atoms with Gasteiger partial charge in [-0.3, -0.25) is 4.79 Å². The molecular weight excluding hydrogens is 292 g/mol. The van der Waals surface area contributed by atoms with Crippen LogP contribution in [0.2, 0.25) is 0 Å². The van der Waals surface area contributed by atoms with Gasteiger partial charge < -0.3 is 14.7 Å². The van der Waals surface area contributed by atoms with Gasteiger partial charge in [0.15, 0.2) is 0 Å². The van der Waals surface area contributed by atoms with Crippen LogP contribution in [-0.4, -0.2) is 52.7 Å². The highest BCUT2D eigenvalue weighted by Crippen LogP contribution is 2.24. The van der Waals surface area contributed by atoms with E-state index in [0.29, 0.717) is 18.0 Å². The van der Waals surface area contributed by atoms with E-state index < -0.39 is 11.9 Å². The fourth-order valence-electron chi connectivity index (χ4n) is 2.22. The Kier molecular flexibility index (Phi) is 5.44. The van der Waals surface area contributed by atoms with Crippen molar-refractivity contribution < 1.29 is 19.4 Å². The molecule has 114 valence electrons. The molecule has 1 saturated heterocycles. The molecule has 2 rings (SSSR count). The van der Waals surface area contributed by atoms with Gasteiger partial charge in [0, 0.05) is 30.3 Å². The van der Waals surface area contributed by atoms with E-state index in [1.54, 1.807) is 30.8 Å². The van der Waals surface area contributed by atoms with E-state index in [1.165, 1.54) is 6.20 Å². The number of hydrogen-bond acceptors (Lipinski definition) is 6. The smallest absolute Gasteiger partial charge is 0.339 e. The van der Waals surface area contributed by atoms with E-state index in [0.717, 1.165) is 18.1 Å². The summed E-state index contributed by atoms with van der Waals surface area (Å²) < 4.78 is 4.91. The van der Waals surface area contributed by atoms with E-state index in [1.807, 2.05) is 4.90 Å². The Morgan fingerprint density at radius 2 is 2.33 bits per heavy atom. The molecule has 1 fully saturated rings. The number of carboxylic acid groups (broad SMARTS) is 1. The van der Waals surface area contributed by atoms with Gasteiger partial charge in [0.25, 0.3) is 0 Å². The number of pyridine rings is 1. The molecular formula is C14H18N2O4S. The van der Waals surface area contributed by atoms with Crippen molar-refractivity contribution in [3.8, 4) is 0 Å². The van der Waals surface area contributed by atoms with Crippen molar-refractivity contribution in [1.29, 1.82) is 0 Å². The molecule has 1 aliphatic rings. The largest absolute Gasteiger partial charge is 0.481 e. The molecule has 1 atom stereocenters. The predicted molar refractivity (Wildman–Crippen MR) is 80.9 cm³/mol. The standard InChI is InChI=1S/C14H18N2O4S/c1-2-20-14(19)10-3-4-12(15-8-10)16-5-6-21-9-11(16)7-13(17)18/h3-4,8,11H,2,5-7,9H2,1H3,(H,17,18). The first kappa shape index (κ1) is 15.6. The molecule has 0 spiro atoms. The van der Waals surface area contributed by atoms with Crippen LogP contribution in [0.25, 0.3) is 0 Å². The van der Waals surface area contributed by atoms with Gasteiger partial charge in [-0.1, -0.05) is 0 Å². The highest BCUT2D eigenvalue weighted by molar-refractivity contribution is 7.99. The van der Waals surface area contributed by atoms with Crippen LogP contribution >= 0.6 is 11.8 Å². The van der Waals surface area contributed by atoms with Crippen molar-refractivity contribution in [1.82, 2.24) is 4.98 Å². The van der Waals surface area contributed by atoms with Crippen LogP contribution < -0.4 is 4.90 Å². The highest BCUT2D eigenvalue weighted by atomic mass is 32.2. The molecule has 0 saturated carbocycles. The zero-order valence-corrected chi connectivity index (χ0v) is 12.6. The topological polar surface area (TPSA) is 79.7 Å². The molecule has 7 heteroatoms. The number of hydrogen-bond donors (Lipinski definition) is 1. The van der Waals surface area contributed by atoms with Gasteiger partial charge in [-0.25, -0.2) is 9.78 Å². The number of thioether (sulfide) groups is 1. The number of esters is 1. The number of carbonyl (C=O) groups excluding carboxylic acids is 1. The second kappa shape index (κ2) is 7.31. The Morgan fingerprint density at radius 3 is 2.95 bits per heavy atom. The molecule has 0 aromatic carbocycles. The molecule has 0 aliphatic carbocycles. The Hall–Kier alpha value is -1.76. The summed E-state index contributed by atoms with van der Waals surface area (Å²) in [5, 5.41) is 8.99. The number of anilines is 1. The Bertz CT molecular complexity index is 506. The van der Waals surface area contributed by atoms with Crippen molar-refractivity contribution in [2.75, 3.05) is 29.6 Å². The second-order valence-electron chi connectivity index (χ2n) is 4.65. The summed E-state index contributed by atoms with van der Waals surface area (Å²) in [5.41, 5.74) is 0.404. The van der Waals surface area contributed by atoms with Crippen molar-refractivity contribution in [3.63, 3.8) is 0 Å². The van der Waals surface area contributed by atoms with Gasteiger partial charge in [-0.05, 0) is 19.1 Å². The van der Waals surface area contributed by atoms with Gasteiger partial charge >= 0.3 is 11.9 Å². The summed E-state index contributed by atoms with van der Waals surface area (Å²) >= 11 is 1.75. The maximum atomic E-state index is 11.6. The van der Waals surface area contributed by atoms with E-state index in [4.69, 9.17) is 9.84 Å². The number of rotatable bonds is 5. The molecule has 6 nitrogen and oxygen atoms in total. The van der Waals surface area contributed by atoms with Crippen molar-refractivity contribution in [2.45, 2.75) is 19.4 Å². The normalized spacial score (nSPS) is 18.3. The molecule has 0 bridgehead atoms. The lowest BCUT2D eigenvalue weighted by atomic mass is 10.2. The summed E-state index contributed by atoms with van der Waals surface area (Å²) in [5.74, 6) is 1.21. The number of ether oxygens (including phenoxy) is 1. The average Bonchev–Trinajstić information content (AvgIpc) is 2.48. The number of carboxylic acids is 1. The van der Waals surface area contributed by atoms with Crippen LogP contribution in [0.15, 0.2) is 18.3 Å². The summed E-state index contributed by atoms with van der Waals surface area (Å²) in [6.45, 7) is 2.83. The average molecular weight is 310 g/mol. The molecule has 0 amide bonds. The van der Waals surface area contributed by atoms with E-state index in [2.05, 4.69) is 4.98 Å². The number of carbonyl (C=O) groups is 2. The molecule has 1 aromatic rings. The van der Waals surface area contributed by atoms with Crippen molar-refractivity contribution in [3.05, 3.63) is 23.9 Å². The molecule has 1 aliphatic heterocycles. The summed E-state index contributed by atoms with van der Waals surface area (Å²) in [6.07, 6.45) is 1.57. The SMILES string of the molecule is CCOC(=O)c1ccc(N2CCSCC2CC(=O)O)nc1.